The highest BCUT2D eigenvalue weighted by atomic mass is 16.5. The van der Waals surface area contributed by atoms with Crippen molar-refractivity contribution in [3.8, 4) is 0 Å². The summed E-state index contributed by atoms with van der Waals surface area (Å²) in [6.45, 7) is 4.25. The number of aromatic nitrogens is 3. The molecule has 1 aliphatic heterocycles. The van der Waals surface area contributed by atoms with E-state index in [4.69, 9.17) is 9.15 Å². The fourth-order valence-corrected chi connectivity index (χ4v) is 2.53. The number of hydrogen-bond acceptors (Lipinski definition) is 5. The molecule has 21 heavy (non-hydrogen) atoms. The summed E-state index contributed by atoms with van der Waals surface area (Å²) in [6, 6.07) is 1.74. The number of aryl methyl sites for hydroxylation is 1. The largest absolute Gasteiger partial charge is 0.469 e. The van der Waals surface area contributed by atoms with E-state index in [0.29, 0.717) is 38.2 Å². The van der Waals surface area contributed by atoms with Gasteiger partial charge in [-0.25, -0.2) is 4.68 Å². The van der Waals surface area contributed by atoms with Crippen LogP contribution in [0.5, 0.6) is 0 Å². The first kappa shape index (κ1) is 13.8. The summed E-state index contributed by atoms with van der Waals surface area (Å²) in [5.74, 6) is 0.742. The minimum Gasteiger partial charge on any atom is -0.469 e. The molecule has 0 spiro atoms. The first-order chi connectivity index (χ1) is 10.3. The highest BCUT2D eigenvalue weighted by molar-refractivity contribution is 5.95. The van der Waals surface area contributed by atoms with Crippen LogP contribution in [0.3, 0.4) is 0 Å². The topological polar surface area (TPSA) is 73.4 Å². The third kappa shape index (κ3) is 2.97. The number of hydrogen-bond donors (Lipinski definition) is 0. The van der Waals surface area contributed by atoms with Gasteiger partial charge in [0.2, 0.25) is 0 Å². The molecule has 0 N–H and O–H groups in total. The molecule has 1 aliphatic rings. The number of morpholine rings is 1. The van der Waals surface area contributed by atoms with Gasteiger partial charge in [0.15, 0.2) is 0 Å². The van der Waals surface area contributed by atoms with E-state index in [0.717, 1.165) is 5.76 Å². The van der Waals surface area contributed by atoms with E-state index in [2.05, 4.69) is 10.3 Å². The molecule has 0 aliphatic carbocycles. The fourth-order valence-electron chi connectivity index (χ4n) is 2.53. The van der Waals surface area contributed by atoms with Crippen molar-refractivity contribution in [3.63, 3.8) is 0 Å². The lowest BCUT2D eigenvalue weighted by atomic mass is 10.1. The Hall–Kier alpha value is -2.15. The first-order valence-electron chi connectivity index (χ1n) is 7.09. The second-order valence-electron chi connectivity index (χ2n) is 4.98. The van der Waals surface area contributed by atoms with Gasteiger partial charge in [0.05, 0.1) is 37.3 Å². The number of rotatable bonds is 4. The van der Waals surface area contributed by atoms with E-state index >= 15 is 0 Å². The van der Waals surface area contributed by atoms with E-state index in [1.165, 1.54) is 0 Å². The quantitative estimate of drug-likeness (QED) is 0.839. The van der Waals surface area contributed by atoms with Gasteiger partial charge in [-0.05, 0) is 6.07 Å². The van der Waals surface area contributed by atoms with Crippen molar-refractivity contribution in [3.05, 3.63) is 36.0 Å². The van der Waals surface area contributed by atoms with Gasteiger partial charge in [-0.3, -0.25) is 4.79 Å². The van der Waals surface area contributed by atoms with Gasteiger partial charge in [0, 0.05) is 25.7 Å². The van der Waals surface area contributed by atoms with Crippen LogP contribution < -0.4 is 0 Å². The highest BCUT2D eigenvalue weighted by Gasteiger charge is 2.27. The maximum Gasteiger partial charge on any atom is 0.257 e. The van der Waals surface area contributed by atoms with Crippen LogP contribution in [-0.2, 0) is 17.7 Å². The normalized spacial score (nSPS) is 18.9. The zero-order chi connectivity index (χ0) is 14.7. The Morgan fingerprint density at radius 3 is 3.19 bits per heavy atom. The Balaban J connectivity index is 1.66. The summed E-state index contributed by atoms with van der Waals surface area (Å²) >= 11 is 0. The maximum absolute atomic E-state index is 12.6. The molecule has 0 bridgehead atoms. The predicted molar refractivity (Wildman–Crippen MR) is 73.8 cm³/mol. The van der Waals surface area contributed by atoms with Gasteiger partial charge in [0.25, 0.3) is 5.91 Å². The molecule has 112 valence electrons. The number of amides is 1. The van der Waals surface area contributed by atoms with E-state index < -0.39 is 0 Å². The van der Waals surface area contributed by atoms with Gasteiger partial charge in [-0.2, -0.15) is 0 Å². The predicted octanol–water partition coefficient (Wildman–Crippen LogP) is 0.975. The van der Waals surface area contributed by atoms with Gasteiger partial charge < -0.3 is 14.1 Å². The number of ether oxygens (including phenoxy) is 1. The molecule has 1 amide bonds. The van der Waals surface area contributed by atoms with Crippen LogP contribution in [0.25, 0.3) is 0 Å². The summed E-state index contributed by atoms with van der Waals surface area (Å²) < 4.78 is 12.8. The van der Waals surface area contributed by atoms with Crippen molar-refractivity contribution in [1.82, 2.24) is 19.9 Å². The number of carbonyl (C=O) groups is 1. The van der Waals surface area contributed by atoms with Crippen LogP contribution in [0.1, 0.15) is 23.0 Å². The fraction of sp³-hybridized carbons (Fsp3) is 0.500. The lowest BCUT2D eigenvalue weighted by Gasteiger charge is -2.32. The van der Waals surface area contributed by atoms with Gasteiger partial charge in [-0.1, -0.05) is 12.1 Å². The summed E-state index contributed by atoms with van der Waals surface area (Å²) in [7, 11) is 0. The van der Waals surface area contributed by atoms with Crippen molar-refractivity contribution in [2.24, 2.45) is 0 Å². The molecule has 0 radical (unpaired) electrons. The molecule has 3 rings (SSSR count). The molecule has 2 aromatic rings. The average molecular weight is 290 g/mol. The van der Waals surface area contributed by atoms with E-state index in [9.17, 15) is 4.79 Å². The zero-order valence-corrected chi connectivity index (χ0v) is 11.9. The van der Waals surface area contributed by atoms with Crippen molar-refractivity contribution in [2.45, 2.75) is 26.0 Å². The van der Waals surface area contributed by atoms with Gasteiger partial charge in [0.1, 0.15) is 5.76 Å². The van der Waals surface area contributed by atoms with E-state index in [1.54, 1.807) is 29.4 Å². The van der Waals surface area contributed by atoms with Crippen LogP contribution in [0.4, 0.5) is 0 Å². The zero-order valence-electron chi connectivity index (χ0n) is 11.9. The Bertz CT molecular complexity index is 593. The lowest BCUT2D eigenvalue weighted by molar-refractivity contribution is -0.0302. The average Bonchev–Trinajstić information content (AvgIpc) is 3.17. The van der Waals surface area contributed by atoms with Crippen LogP contribution in [-0.4, -0.2) is 51.6 Å². The molecule has 7 nitrogen and oxygen atoms in total. The van der Waals surface area contributed by atoms with Gasteiger partial charge in [-0.15, -0.1) is 5.10 Å². The minimum absolute atomic E-state index is 0.00694. The van der Waals surface area contributed by atoms with Crippen LogP contribution >= 0.6 is 0 Å². The molecule has 7 heteroatoms. The molecule has 2 aromatic heterocycles. The van der Waals surface area contributed by atoms with Crippen LogP contribution in [0, 0.1) is 0 Å². The minimum atomic E-state index is -0.0682. The van der Waals surface area contributed by atoms with Crippen molar-refractivity contribution in [2.75, 3.05) is 19.7 Å². The number of furan rings is 1. The molecular formula is C14H18N4O3. The summed E-state index contributed by atoms with van der Waals surface area (Å²) in [4.78, 5) is 14.4. The second kappa shape index (κ2) is 6.09. The van der Waals surface area contributed by atoms with Crippen molar-refractivity contribution < 1.29 is 13.9 Å². The third-order valence-corrected chi connectivity index (χ3v) is 3.59. The van der Waals surface area contributed by atoms with Crippen molar-refractivity contribution in [1.29, 1.82) is 0 Å². The molecule has 1 saturated heterocycles. The lowest BCUT2D eigenvalue weighted by Crippen LogP contribution is -2.47. The highest BCUT2D eigenvalue weighted by Crippen LogP contribution is 2.16. The Morgan fingerprint density at radius 1 is 1.52 bits per heavy atom. The monoisotopic (exact) mass is 290 g/mol. The van der Waals surface area contributed by atoms with E-state index in [-0.39, 0.29) is 12.0 Å². The standard InChI is InChI=1S/C14H18N4O3/c1-2-13-12(3-7-21-13)14(19)17-6-8-20-11(9-17)10-18-5-4-15-16-18/h3-5,7,11H,2,6,8-10H2,1H3. The molecule has 0 saturated carbocycles. The third-order valence-electron chi connectivity index (χ3n) is 3.59. The summed E-state index contributed by atoms with van der Waals surface area (Å²) in [6.07, 6.45) is 5.63. The first-order valence-corrected chi connectivity index (χ1v) is 7.09. The van der Waals surface area contributed by atoms with Gasteiger partial charge >= 0.3 is 0 Å². The molecule has 1 fully saturated rings. The molecule has 1 atom stereocenters. The second-order valence-corrected chi connectivity index (χ2v) is 4.98. The van der Waals surface area contributed by atoms with Crippen molar-refractivity contribution >= 4 is 5.91 Å². The number of nitrogens with zero attached hydrogens (tertiary/aromatic N) is 4. The van der Waals surface area contributed by atoms with Crippen LogP contribution in [0.2, 0.25) is 0 Å². The Labute approximate surface area is 122 Å². The summed E-state index contributed by atoms with van der Waals surface area (Å²) in [5.41, 5.74) is 0.652. The Kier molecular flexibility index (Phi) is 4.01. The molecular weight excluding hydrogens is 272 g/mol. The number of carbonyl (C=O) groups excluding carboxylic acids is 1. The summed E-state index contributed by atoms with van der Waals surface area (Å²) in [5, 5.41) is 7.70. The molecule has 0 aromatic carbocycles. The molecule has 3 heterocycles. The smallest absolute Gasteiger partial charge is 0.257 e. The van der Waals surface area contributed by atoms with E-state index in [1.807, 2.05) is 11.8 Å². The Morgan fingerprint density at radius 2 is 2.43 bits per heavy atom. The maximum atomic E-state index is 12.6. The van der Waals surface area contributed by atoms with Crippen LogP contribution in [0.15, 0.2) is 29.1 Å². The SMILES string of the molecule is CCc1occc1C(=O)N1CCOC(Cn2ccnn2)C1. The molecule has 1 unspecified atom stereocenters.